The molecule has 4 atom stereocenters. The van der Waals surface area contributed by atoms with Crippen LogP contribution in [0.25, 0.3) is 0 Å². The van der Waals surface area contributed by atoms with Gasteiger partial charge in [-0.15, -0.1) is 0 Å². The van der Waals surface area contributed by atoms with Crippen LogP contribution in [0, 0.1) is 0 Å². The molecule has 3 aromatic rings. The summed E-state index contributed by atoms with van der Waals surface area (Å²) >= 11 is 0.607. The highest BCUT2D eigenvalue weighted by molar-refractivity contribution is 8.13. The first-order valence-corrected chi connectivity index (χ1v) is 16.0. The van der Waals surface area contributed by atoms with E-state index in [9.17, 15) is 33.9 Å². The van der Waals surface area contributed by atoms with Gasteiger partial charge < -0.3 is 35.8 Å². The second-order valence-corrected chi connectivity index (χ2v) is 11.7. The molecule has 14 heteroatoms. The van der Waals surface area contributed by atoms with Gasteiger partial charge in [-0.2, -0.15) is 0 Å². The van der Waals surface area contributed by atoms with Crippen molar-refractivity contribution in [3.05, 3.63) is 108 Å². The highest BCUT2D eigenvalue weighted by atomic mass is 32.2. The van der Waals surface area contributed by atoms with E-state index in [2.05, 4.69) is 21.3 Å². The van der Waals surface area contributed by atoms with Crippen molar-refractivity contribution in [3.63, 3.8) is 0 Å². The van der Waals surface area contributed by atoms with Crippen LogP contribution in [0.1, 0.15) is 30.5 Å². The number of nitrogens with one attached hydrogen (secondary N) is 4. The number of carboxylic acids is 1. The number of carbonyl (C=O) groups is 6. The molecule has 0 saturated heterocycles. The molecule has 13 nitrogen and oxygen atoms in total. The summed E-state index contributed by atoms with van der Waals surface area (Å²) in [6.45, 7) is 2.76. The van der Waals surface area contributed by atoms with Crippen LogP contribution in [0.5, 0.6) is 0 Å². The largest absolute Gasteiger partial charge is 0.480 e. The summed E-state index contributed by atoms with van der Waals surface area (Å²) in [5.74, 6) is -3.29. The summed E-state index contributed by atoms with van der Waals surface area (Å²) in [5.41, 5.74) is 2.25. The summed E-state index contributed by atoms with van der Waals surface area (Å²) in [7, 11) is 0. The zero-order valence-electron chi connectivity index (χ0n) is 26.4. The Bertz CT molecular complexity index is 1530. The van der Waals surface area contributed by atoms with E-state index in [0.717, 1.165) is 16.7 Å². The summed E-state index contributed by atoms with van der Waals surface area (Å²) < 4.78 is 10.4. The van der Waals surface area contributed by atoms with E-state index in [1.807, 2.05) is 12.1 Å². The zero-order valence-corrected chi connectivity index (χ0v) is 27.2. The third-order valence-corrected chi connectivity index (χ3v) is 7.90. The normalized spacial score (nSPS) is 13.0. The van der Waals surface area contributed by atoms with Crippen molar-refractivity contribution >= 4 is 46.8 Å². The first kappa shape index (κ1) is 37.1. The predicted octanol–water partition coefficient (Wildman–Crippen LogP) is 3.17. The highest BCUT2D eigenvalue weighted by Gasteiger charge is 2.29. The second kappa shape index (κ2) is 19.3. The van der Waals surface area contributed by atoms with Gasteiger partial charge in [0.15, 0.2) is 0 Å². The van der Waals surface area contributed by atoms with Crippen LogP contribution in [0.15, 0.2) is 91.0 Å². The lowest BCUT2D eigenvalue weighted by Gasteiger charge is -2.22. The molecule has 5 N–H and O–H groups in total. The SMILES string of the molecule is C[C@H](NC(=O)[C@H](Cc1ccccc1)NC(=O)OCc1ccccc1)C(=O)N[C@@H](CSC(=O)[C@H](C)NC(=O)OCc1ccccc1)C(=O)O. The quantitative estimate of drug-likeness (QED) is 0.151. The topological polar surface area (TPSA) is 189 Å². The van der Waals surface area contributed by atoms with E-state index in [0.29, 0.717) is 11.8 Å². The van der Waals surface area contributed by atoms with Crippen molar-refractivity contribution < 1.29 is 43.3 Å². The molecule has 0 radical (unpaired) electrons. The average Bonchev–Trinajstić information content (AvgIpc) is 3.08. The van der Waals surface area contributed by atoms with E-state index in [1.165, 1.54) is 13.8 Å². The molecule has 0 bridgehead atoms. The number of aliphatic carboxylic acids is 1. The van der Waals surface area contributed by atoms with Crippen molar-refractivity contribution in [1.82, 2.24) is 21.3 Å². The van der Waals surface area contributed by atoms with Gasteiger partial charge in [-0.1, -0.05) is 103 Å². The van der Waals surface area contributed by atoms with Gasteiger partial charge in [0.2, 0.25) is 16.9 Å². The highest BCUT2D eigenvalue weighted by Crippen LogP contribution is 2.10. The Morgan fingerprint density at radius 3 is 1.58 bits per heavy atom. The Morgan fingerprint density at radius 2 is 1.08 bits per heavy atom. The van der Waals surface area contributed by atoms with Crippen LogP contribution in [0.4, 0.5) is 9.59 Å². The summed E-state index contributed by atoms with van der Waals surface area (Å²) in [6, 6.07) is 22.0. The molecule has 0 saturated carbocycles. The molecular formula is C34H38N4O9S. The smallest absolute Gasteiger partial charge is 0.408 e. The van der Waals surface area contributed by atoms with Gasteiger partial charge in [-0.25, -0.2) is 14.4 Å². The van der Waals surface area contributed by atoms with Crippen LogP contribution in [0.3, 0.4) is 0 Å². The molecule has 3 rings (SSSR count). The third-order valence-electron chi connectivity index (χ3n) is 6.76. The fourth-order valence-electron chi connectivity index (χ4n) is 4.11. The molecule has 0 heterocycles. The van der Waals surface area contributed by atoms with E-state index >= 15 is 0 Å². The van der Waals surface area contributed by atoms with Gasteiger partial charge in [0.05, 0.1) is 6.04 Å². The van der Waals surface area contributed by atoms with Crippen molar-refractivity contribution in [2.75, 3.05) is 5.75 Å². The molecule has 4 amide bonds. The number of carboxylic acid groups (broad SMARTS) is 1. The maximum Gasteiger partial charge on any atom is 0.408 e. The lowest BCUT2D eigenvalue weighted by Crippen LogP contribution is -2.55. The molecule has 0 aromatic heterocycles. The zero-order chi connectivity index (χ0) is 34.9. The molecule has 0 fully saturated rings. The fraction of sp³-hybridized carbons (Fsp3) is 0.294. The van der Waals surface area contributed by atoms with Crippen molar-refractivity contribution in [2.24, 2.45) is 0 Å². The molecule has 48 heavy (non-hydrogen) atoms. The van der Waals surface area contributed by atoms with Gasteiger partial charge >= 0.3 is 18.2 Å². The molecule has 0 aliphatic heterocycles. The van der Waals surface area contributed by atoms with Crippen LogP contribution < -0.4 is 21.3 Å². The van der Waals surface area contributed by atoms with Gasteiger partial charge in [-0.3, -0.25) is 14.4 Å². The van der Waals surface area contributed by atoms with E-state index in [4.69, 9.17) is 9.47 Å². The molecule has 254 valence electrons. The van der Waals surface area contributed by atoms with Crippen LogP contribution >= 0.6 is 11.8 Å². The number of rotatable bonds is 16. The molecular weight excluding hydrogens is 640 g/mol. The minimum atomic E-state index is -1.49. The third kappa shape index (κ3) is 13.2. The van der Waals surface area contributed by atoms with Crippen molar-refractivity contribution in [1.29, 1.82) is 0 Å². The second-order valence-electron chi connectivity index (χ2n) is 10.6. The first-order chi connectivity index (χ1) is 23.0. The van der Waals surface area contributed by atoms with Gasteiger partial charge in [0, 0.05) is 12.2 Å². The number of hydrogen-bond donors (Lipinski definition) is 5. The minimum Gasteiger partial charge on any atom is -0.480 e. The Kier molecular flexibility index (Phi) is 14.9. The van der Waals surface area contributed by atoms with Crippen molar-refractivity contribution in [3.8, 4) is 0 Å². The van der Waals surface area contributed by atoms with Gasteiger partial charge in [-0.05, 0) is 30.5 Å². The standard InChI is InChI=1S/C34H38N4O9S/c1-22(35-30(40)27(18-24-12-6-3-7-13-24)38-34(45)47-20-26-16-10-5-11-17-26)29(39)37-28(31(41)42)21-48-32(43)23(2)36-33(44)46-19-25-14-8-4-9-15-25/h3-17,22-23,27-28H,18-21H2,1-2H3,(H,35,40)(H,36,44)(H,37,39)(H,38,45)(H,41,42)/t22-,23-,27-,28-/m0/s1. The maximum absolute atomic E-state index is 13.2. The Hall–Kier alpha value is -5.37. The Labute approximate surface area is 282 Å². The molecule has 0 unspecified atom stereocenters. The Morgan fingerprint density at radius 1 is 0.604 bits per heavy atom. The monoisotopic (exact) mass is 678 g/mol. The first-order valence-electron chi connectivity index (χ1n) is 15.0. The molecule has 0 aliphatic carbocycles. The molecule has 3 aromatic carbocycles. The number of alkyl carbamates (subject to hydrolysis) is 2. The van der Waals surface area contributed by atoms with Gasteiger partial charge in [0.1, 0.15) is 31.3 Å². The van der Waals surface area contributed by atoms with E-state index in [-0.39, 0.29) is 25.4 Å². The summed E-state index contributed by atoms with van der Waals surface area (Å²) in [4.78, 5) is 75.2. The van der Waals surface area contributed by atoms with Crippen LogP contribution in [0.2, 0.25) is 0 Å². The minimum absolute atomic E-state index is 0.00395. The van der Waals surface area contributed by atoms with E-state index < -0.39 is 59.3 Å². The summed E-state index contributed by atoms with van der Waals surface area (Å²) in [6.07, 6.45) is -1.57. The summed E-state index contributed by atoms with van der Waals surface area (Å²) in [5, 5.41) is 18.9. The number of hydrogen-bond acceptors (Lipinski definition) is 9. The number of carbonyl (C=O) groups excluding carboxylic acids is 5. The maximum atomic E-state index is 13.2. The van der Waals surface area contributed by atoms with Crippen LogP contribution in [-0.4, -0.2) is 70.1 Å². The van der Waals surface area contributed by atoms with Crippen LogP contribution in [-0.2, 0) is 48.3 Å². The van der Waals surface area contributed by atoms with Gasteiger partial charge in [0.25, 0.3) is 0 Å². The van der Waals surface area contributed by atoms with Crippen molar-refractivity contribution in [2.45, 2.75) is 57.6 Å². The number of benzene rings is 3. The number of thioether (sulfide) groups is 1. The predicted molar refractivity (Wildman–Crippen MR) is 178 cm³/mol. The lowest BCUT2D eigenvalue weighted by molar-refractivity contribution is -0.141. The molecule has 0 aliphatic rings. The number of ether oxygens (including phenoxy) is 2. The average molecular weight is 679 g/mol. The fourth-order valence-corrected chi connectivity index (χ4v) is 4.97. The molecule has 0 spiro atoms. The number of amides is 4. The van der Waals surface area contributed by atoms with E-state index in [1.54, 1.807) is 78.9 Å². The Balaban J connectivity index is 1.51. The lowest BCUT2D eigenvalue weighted by atomic mass is 10.1.